The number of pyridine rings is 1. The third-order valence-corrected chi connectivity index (χ3v) is 9.62. The van der Waals surface area contributed by atoms with Gasteiger partial charge in [0.15, 0.2) is 6.10 Å². The molecule has 1 fully saturated rings. The molecule has 0 spiro atoms. The number of carbonyl (C=O) groups excluding carboxylic acids is 1. The van der Waals surface area contributed by atoms with E-state index in [4.69, 9.17) is 61.6 Å². The number of anilines is 1. The van der Waals surface area contributed by atoms with Crippen molar-refractivity contribution >= 4 is 28.5 Å². The van der Waals surface area contributed by atoms with Gasteiger partial charge in [0.05, 0.1) is 157 Å². The summed E-state index contributed by atoms with van der Waals surface area (Å²) in [5.41, 5.74) is -1.44. The molecule has 2 N–H and O–H groups in total. The van der Waals surface area contributed by atoms with Crippen LogP contribution in [0, 0.1) is 0 Å². The summed E-state index contributed by atoms with van der Waals surface area (Å²) in [4.78, 5) is 41.5. The van der Waals surface area contributed by atoms with E-state index in [0.717, 1.165) is 6.07 Å². The molecule has 1 saturated heterocycles. The van der Waals surface area contributed by atoms with Crippen LogP contribution in [0.2, 0.25) is 0 Å². The van der Waals surface area contributed by atoms with Crippen molar-refractivity contribution in [1.29, 1.82) is 0 Å². The number of aliphatic carboxylic acids is 1. The van der Waals surface area contributed by atoms with Gasteiger partial charge in [-0.2, -0.15) is 13.2 Å². The molecule has 1 aliphatic rings. The third-order valence-electron chi connectivity index (χ3n) is 9.62. The van der Waals surface area contributed by atoms with Gasteiger partial charge in [-0.15, -0.1) is 0 Å². The summed E-state index contributed by atoms with van der Waals surface area (Å²) in [6.07, 6.45) is -7.67. The summed E-state index contributed by atoms with van der Waals surface area (Å²) in [6, 6.07) is 10.8. The number of carbonyl (C=O) groups is 2. The molecule has 2 atom stereocenters. The van der Waals surface area contributed by atoms with E-state index < -0.39 is 41.6 Å². The van der Waals surface area contributed by atoms with E-state index in [2.05, 4.69) is 4.98 Å². The molecule has 0 saturated carbocycles. The Hall–Kier alpha value is -4.30. The number of carboxylic acids is 1. The molecule has 67 heavy (non-hydrogen) atoms. The smallest absolute Gasteiger partial charge is 0.417 e. The molecule has 1 aromatic heterocycles. The number of fused-ring (bicyclic) bond motifs is 1. The predicted molar refractivity (Wildman–Crippen MR) is 235 cm³/mol. The monoisotopic (exact) mass is 960 g/mol. The number of methoxy groups -OCH3 is 1. The van der Waals surface area contributed by atoms with Gasteiger partial charge in [-0.05, 0) is 29.7 Å². The Balaban J connectivity index is 0.938. The summed E-state index contributed by atoms with van der Waals surface area (Å²) in [5.74, 6) is -1.25. The normalized spacial score (nSPS) is 14.6. The summed E-state index contributed by atoms with van der Waals surface area (Å²) >= 11 is 0. The molecule has 22 heteroatoms. The highest BCUT2D eigenvalue weighted by Gasteiger charge is 2.36. The van der Waals surface area contributed by atoms with Crippen LogP contribution in [0.5, 0.6) is 0 Å². The Morgan fingerprint density at radius 3 is 1.57 bits per heavy atom. The Morgan fingerprint density at radius 2 is 1.12 bits per heavy atom. The number of hydrogen-bond acceptors (Lipinski definition) is 16. The lowest BCUT2D eigenvalue weighted by Gasteiger charge is -2.17. The number of carboxylic acid groups (broad SMARTS) is 1. The number of cyclic esters (lactones) is 1. The highest BCUT2D eigenvalue weighted by atomic mass is 19.4. The number of halogens is 3. The quantitative estimate of drug-likeness (QED) is 0.0767. The van der Waals surface area contributed by atoms with Crippen LogP contribution < -0.4 is 10.5 Å². The van der Waals surface area contributed by atoms with Crippen LogP contribution >= 0.6 is 0 Å². The topological polar surface area (TPSA) is 210 Å². The Kier molecular flexibility index (Phi) is 26.8. The van der Waals surface area contributed by atoms with Crippen molar-refractivity contribution in [3.8, 4) is 11.3 Å². The van der Waals surface area contributed by atoms with Crippen molar-refractivity contribution in [2.75, 3.05) is 164 Å². The van der Waals surface area contributed by atoms with Gasteiger partial charge < -0.3 is 71.7 Å². The molecule has 1 aliphatic heterocycles. The Labute approximate surface area is 386 Å². The molecule has 0 bridgehead atoms. The van der Waals surface area contributed by atoms with E-state index in [1.54, 1.807) is 7.11 Å². The van der Waals surface area contributed by atoms with Gasteiger partial charge >= 0.3 is 18.2 Å². The lowest BCUT2D eigenvalue weighted by molar-refractivity contribution is -0.153. The SMILES string of the molecule is COCCOCCOCCOCCOCCOCCOCCOCCOCCOCCOCCOC(C[C@H]1CN(c2ccc3cc(-c4ccccc4C(F)(F)F)[nH]c(=O)c3c2)C(=O)O1)C(=O)O. The van der Waals surface area contributed by atoms with Crippen molar-refractivity contribution in [3.05, 3.63) is 64.4 Å². The second-order valence-corrected chi connectivity index (χ2v) is 14.5. The van der Waals surface area contributed by atoms with E-state index in [9.17, 15) is 32.7 Å². The zero-order chi connectivity index (χ0) is 48.0. The average molecular weight is 961 g/mol. The number of H-pyrrole nitrogens is 1. The second-order valence-electron chi connectivity index (χ2n) is 14.5. The maximum atomic E-state index is 13.6. The molecular weight excluding hydrogens is 897 g/mol. The van der Waals surface area contributed by atoms with Crippen LogP contribution in [0.15, 0.2) is 53.3 Å². The molecule has 1 unspecified atom stereocenters. The summed E-state index contributed by atoms with van der Waals surface area (Å²) < 4.78 is 111. The minimum atomic E-state index is -4.63. The second kappa shape index (κ2) is 32.4. The highest BCUT2D eigenvalue weighted by molar-refractivity contribution is 5.95. The molecule has 1 amide bonds. The number of ether oxygens (including phenoxy) is 13. The van der Waals surface area contributed by atoms with E-state index in [1.807, 2.05) is 0 Å². The number of nitrogens with one attached hydrogen (secondary N) is 1. The van der Waals surface area contributed by atoms with Gasteiger partial charge in [0.2, 0.25) is 0 Å². The highest BCUT2D eigenvalue weighted by Crippen LogP contribution is 2.37. The van der Waals surface area contributed by atoms with Gasteiger partial charge in [0.25, 0.3) is 5.56 Å². The Bertz CT molecular complexity index is 1910. The summed E-state index contributed by atoms with van der Waals surface area (Å²) in [6.45, 7) is 8.92. The first-order valence-electron chi connectivity index (χ1n) is 22.0. The first-order valence-corrected chi connectivity index (χ1v) is 22.0. The minimum Gasteiger partial charge on any atom is -0.479 e. The maximum absolute atomic E-state index is 13.6. The van der Waals surface area contributed by atoms with Gasteiger partial charge in [-0.1, -0.05) is 24.3 Å². The van der Waals surface area contributed by atoms with Crippen molar-refractivity contribution < 1.29 is 89.4 Å². The number of aromatic nitrogens is 1. The number of amides is 1. The number of aromatic amines is 1. The predicted octanol–water partition coefficient (Wildman–Crippen LogP) is 4.21. The van der Waals surface area contributed by atoms with Gasteiger partial charge in [0.1, 0.15) is 6.10 Å². The van der Waals surface area contributed by atoms with Gasteiger partial charge in [-0.25, -0.2) is 9.59 Å². The maximum Gasteiger partial charge on any atom is 0.417 e. The first kappa shape index (κ1) is 55.3. The number of benzene rings is 2. The summed E-state index contributed by atoms with van der Waals surface area (Å²) in [5, 5.41) is 10.2. The summed E-state index contributed by atoms with van der Waals surface area (Å²) in [7, 11) is 1.63. The van der Waals surface area contributed by atoms with Crippen LogP contribution in [0.4, 0.5) is 23.7 Å². The third kappa shape index (κ3) is 21.7. The van der Waals surface area contributed by atoms with Crippen LogP contribution in [-0.4, -0.2) is 193 Å². The zero-order valence-corrected chi connectivity index (χ0v) is 37.8. The standard InChI is InChI=1S/C45H63F3N2O17/c1-55-8-9-56-10-11-57-12-13-58-14-15-59-16-17-60-18-19-61-20-21-62-22-23-63-24-25-64-26-27-65-28-29-66-41(43(52)53)32-36-33-50(44(54)67-36)35-7-6-34-30-40(49-42(51)38(34)31-35)37-4-2-3-5-39(37)45(46,47)48/h2-7,30-31,36,41H,8-29,32-33H2,1H3,(H,49,51)(H,52,53)/t36-,41?/m0/s1. The van der Waals surface area contributed by atoms with E-state index in [0.29, 0.717) is 130 Å². The molecule has 0 aliphatic carbocycles. The fourth-order valence-corrected chi connectivity index (χ4v) is 6.33. The number of nitrogens with zero attached hydrogens (tertiary/aromatic N) is 1. The molecule has 3 aromatic rings. The number of hydrogen-bond donors (Lipinski definition) is 2. The lowest BCUT2D eigenvalue weighted by Crippen LogP contribution is -2.32. The van der Waals surface area contributed by atoms with Crippen molar-refractivity contribution in [2.45, 2.75) is 24.8 Å². The van der Waals surface area contributed by atoms with E-state index >= 15 is 0 Å². The molecule has 0 radical (unpaired) electrons. The van der Waals surface area contributed by atoms with Crippen LogP contribution in [-0.2, 0) is 72.6 Å². The van der Waals surface area contributed by atoms with Crippen LogP contribution in [0.25, 0.3) is 22.0 Å². The molecular formula is C45H63F3N2O17. The van der Waals surface area contributed by atoms with E-state index in [-0.39, 0.29) is 56.0 Å². The fraction of sp³-hybridized carbons (Fsp3) is 0.622. The largest absolute Gasteiger partial charge is 0.479 e. The number of alkyl halides is 3. The van der Waals surface area contributed by atoms with Gasteiger partial charge in [-0.3, -0.25) is 9.69 Å². The minimum absolute atomic E-state index is 0.0112. The Morgan fingerprint density at radius 1 is 0.672 bits per heavy atom. The zero-order valence-electron chi connectivity index (χ0n) is 37.8. The fourth-order valence-electron chi connectivity index (χ4n) is 6.33. The first-order chi connectivity index (χ1) is 32.6. The average Bonchev–Trinajstić information content (AvgIpc) is 3.68. The molecule has 2 aromatic carbocycles. The van der Waals surface area contributed by atoms with Crippen LogP contribution in [0.3, 0.4) is 0 Å². The molecule has 376 valence electrons. The lowest BCUT2D eigenvalue weighted by atomic mass is 10.0. The molecule has 2 heterocycles. The van der Waals surface area contributed by atoms with Crippen molar-refractivity contribution in [2.24, 2.45) is 0 Å². The van der Waals surface area contributed by atoms with Crippen molar-refractivity contribution in [1.82, 2.24) is 4.98 Å². The van der Waals surface area contributed by atoms with Crippen LogP contribution in [0.1, 0.15) is 12.0 Å². The molecule has 19 nitrogen and oxygen atoms in total. The number of rotatable bonds is 39. The molecule has 4 rings (SSSR count). The van der Waals surface area contributed by atoms with Crippen molar-refractivity contribution in [3.63, 3.8) is 0 Å². The van der Waals surface area contributed by atoms with Gasteiger partial charge in [0, 0.05) is 35.9 Å². The van der Waals surface area contributed by atoms with E-state index in [1.165, 1.54) is 47.4 Å².